The standard InChI is InChI=1S/C16H18O3.C2H4/c1-2-19-14-5-3-4-12-13(14)10-16(15(12)18)8-6-11(17)7-9-16;1-2/h3-5H,2,6-10H2,1H3;1-2H2. The van der Waals surface area contributed by atoms with Gasteiger partial charge in [0.15, 0.2) is 5.78 Å². The molecular weight excluding hydrogens is 264 g/mol. The molecule has 0 amide bonds. The Balaban J connectivity index is 0.000000774. The zero-order valence-electron chi connectivity index (χ0n) is 12.6. The van der Waals surface area contributed by atoms with Gasteiger partial charge < -0.3 is 4.74 Å². The fourth-order valence-electron chi connectivity index (χ4n) is 3.37. The Morgan fingerprint density at radius 1 is 1.19 bits per heavy atom. The maximum absolute atomic E-state index is 12.7. The molecule has 0 radical (unpaired) electrons. The molecule has 2 aliphatic carbocycles. The molecule has 3 rings (SSSR count). The molecule has 0 heterocycles. The number of fused-ring (bicyclic) bond motifs is 1. The minimum atomic E-state index is -0.330. The third kappa shape index (κ3) is 2.65. The van der Waals surface area contributed by atoms with Crippen LogP contribution >= 0.6 is 0 Å². The number of hydrogen-bond acceptors (Lipinski definition) is 3. The summed E-state index contributed by atoms with van der Waals surface area (Å²) in [5.41, 5.74) is 1.52. The molecule has 2 aliphatic rings. The van der Waals surface area contributed by atoms with Crippen molar-refractivity contribution >= 4 is 11.6 Å². The van der Waals surface area contributed by atoms with Crippen LogP contribution in [0.1, 0.15) is 48.5 Å². The van der Waals surface area contributed by atoms with E-state index in [-0.39, 0.29) is 11.2 Å². The minimum Gasteiger partial charge on any atom is -0.494 e. The van der Waals surface area contributed by atoms with Crippen LogP contribution in [0.5, 0.6) is 5.75 Å². The molecule has 0 atom stereocenters. The molecule has 3 nitrogen and oxygen atoms in total. The summed E-state index contributed by atoms with van der Waals surface area (Å²) in [6.45, 7) is 8.56. The summed E-state index contributed by atoms with van der Waals surface area (Å²) in [6, 6.07) is 5.71. The Bertz CT molecular complexity index is 550. The van der Waals surface area contributed by atoms with Gasteiger partial charge in [-0.2, -0.15) is 0 Å². The van der Waals surface area contributed by atoms with Gasteiger partial charge in [-0.15, -0.1) is 13.2 Å². The Hall–Kier alpha value is -1.90. The van der Waals surface area contributed by atoms with Gasteiger partial charge in [-0.1, -0.05) is 12.1 Å². The van der Waals surface area contributed by atoms with Crippen molar-refractivity contribution in [2.45, 2.75) is 39.0 Å². The number of carbonyl (C=O) groups is 2. The average molecular weight is 286 g/mol. The second-order valence-corrected chi connectivity index (χ2v) is 5.54. The summed E-state index contributed by atoms with van der Waals surface area (Å²) in [7, 11) is 0. The predicted molar refractivity (Wildman–Crippen MR) is 82.8 cm³/mol. The highest BCUT2D eigenvalue weighted by Crippen LogP contribution is 2.48. The third-order valence-corrected chi connectivity index (χ3v) is 4.44. The monoisotopic (exact) mass is 286 g/mol. The molecule has 0 aromatic heterocycles. The zero-order valence-corrected chi connectivity index (χ0v) is 12.6. The van der Waals surface area contributed by atoms with E-state index in [1.165, 1.54) is 0 Å². The van der Waals surface area contributed by atoms with Crippen LogP contribution in [0, 0.1) is 5.41 Å². The van der Waals surface area contributed by atoms with Crippen LogP contribution in [0.3, 0.4) is 0 Å². The van der Waals surface area contributed by atoms with Crippen molar-refractivity contribution in [1.82, 2.24) is 0 Å². The lowest BCUT2D eigenvalue weighted by molar-refractivity contribution is -0.121. The van der Waals surface area contributed by atoms with Gasteiger partial charge in [0.2, 0.25) is 0 Å². The molecule has 1 fully saturated rings. The van der Waals surface area contributed by atoms with Gasteiger partial charge in [0, 0.05) is 29.4 Å². The van der Waals surface area contributed by atoms with Crippen LogP contribution in [-0.2, 0) is 11.2 Å². The number of benzene rings is 1. The van der Waals surface area contributed by atoms with Crippen molar-refractivity contribution in [3.63, 3.8) is 0 Å². The molecule has 1 spiro atoms. The van der Waals surface area contributed by atoms with E-state index < -0.39 is 0 Å². The summed E-state index contributed by atoms with van der Waals surface area (Å²) in [5.74, 6) is 1.35. The van der Waals surface area contributed by atoms with E-state index in [4.69, 9.17) is 4.74 Å². The molecule has 1 saturated carbocycles. The molecule has 0 bridgehead atoms. The molecule has 1 aromatic carbocycles. The Kier molecular flexibility index (Phi) is 4.61. The highest BCUT2D eigenvalue weighted by atomic mass is 16.5. The summed E-state index contributed by atoms with van der Waals surface area (Å²) >= 11 is 0. The van der Waals surface area contributed by atoms with Crippen molar-refractivity contribution < 1.29 is 14.3 Å². The molecule has 0 unspecified atom stereocenters. The first-order valence-corrected chi connectivity index (χ1v) is 7.47. The van der Waals surface area contributed by atoms with Crippen LogP contribution in [0.2, 0.25) is 0 Å². The van der Waals surface area contributed by atoms with Crippen molar-refractivity contribution in [2.75, 3.05) is 6.61 Å². The van der Waals surface area contributed by atoms with E-state index in [0.717, 1.165) is 23.3 Å². The van der Waals surface area contributed by atoms with Crippen LogP contribution < -0.4 is 4.74 Å². The molecule has 1 aromatic rings. The second kappa shape index (κ2) is 6.25. The predicted octanol–water partition coefficient (Wildman–Crippen LogP) is 3.76. The quantitative estimate of drug-likeness (QED) is 0.778. The van der Waals surface area contributed by atoms with Gasteiger partial charge in [-0.25, -0.2) is 0 Å². The van der Waals surface area contributed by atoms with Gasteiger partial charge in [0.25, 0.3) is 0 Å². The van der Waals surface area contributed by atoms with E-state index in [2.05, 4.69) is 13.2 Å². The smallest absolute Gasteiger partial charge is 0.169 e. The summed E-state index contributed by atoms with van der Waals surface area (Å²) < 4.78 is 5.63. The highest BCUT2D eigenvalue weighted by Gasteiger charge is 2.48. The molecular formula is C18H22O3. The normalized spacial score (nSPS) is 18.9. The Labute approximate surface area is 126 Å². The summed E-state index contributed by atoms with van der Waals surface area (Å²) in [6.07, 6.45) is 3.23. The van der Waals surface area contributed by atoms with Crippen LogP contribution in [0.25, 0.3) is 0 Å². The third-order valence-electron chi connectivity index (χ3n) is 4.44. The van der Waals surface area contributed by atoms with Gasteiger partial charge in [-0.05, 0) is 32.3 Å². The van der Waals surface area contributed by atoms with E-state index in [9.17, 15) is 9.59 Å². The first kappa shape index (κ1) is 15.5. The minimum absolute atomic E-state index is 0.219. The number of Topliss-reactive ketones (excluding diaryl/α,β-unsaturated/α-hetero) is 2. The lowest BCUT2D eigenvalue weighted by Crippen LogP contribution is -2.33. The van der Waals surface area contributed by atoms with Crippen molar-refractivity contribution in [2.24, 2.45) is 5.41 Å². The van der Waals surface area contributed by atoms with Crippen LogP contribution in [-0.4, -0.2) is 18.2 Å². The van der Waals surface area contributed by atoms with Crippen LogP contribution in [0.4, 0.5) is 0 Å². The average Bonchev–Trinajstić information content (AvgIpc) is 2.79. The summed E-state index contributed by atoms with van der Waals surface area (Å²) in [5, 5.41) is 0. The van der Waals surface area contributed by atoms with Gasteiger partial charge in [0.05, 0.1) is 6.61 Å². The molecule has 3 heteroatoms. The van der Waals surface area contributed by atoms with Gasteiger partial charge >= 0.3 is 0 Å². The number of hydrogen-bond donors (Lipinski definition) is 0. The maximum atomic E-state index is 12.7. The SMILES string of the molecule is C=C.CCOc1cccc2c1CC1(CCC(=O)CC1)C2=O. The number of rotatable bonds is 2. The molecule has 0 aliphatic heterocycles. The maximum Gasteiger partial charge on any atom is 0.169 e. The van der Waals surface area contributed by atoms with E-state index >= 15 is 0 Å². The number of carbonyl (C=O) groups excluding carboxylic acids is 2. The Morgan fingerprint density at radius 3 is 2.48 bits per heavy atom. The zero-order chi connectivity index (χ0) is 15.5. The first-order chi connectivity index (χ1) is 10.2. The highest BCUT2D eigenvalue weighted by molar-refractivity contribution is 6.06. The molecule has 21 heavy (non-hydrogen) atoms. The summed E-state index contributed by atoms with van der Waals surface area (Å²) in [4.78, 5) is 24.1. The Morgan fingerprint density at radius 2 is 1.86 bits per heavy atom. The van der Waals surface area contributed by atoms with Crippen molar-refractivity contribution in [1.29, 1.82) is 0 Å². The lowest BCUT2D eigenvalue weighted by Gasteiger charge is -2.30. The molecule has 0 saturated heterocycles. The second-order valence-electron chi connectivity index (χ2n) is 5.54. The van der Waals surface area contributed by atoms with E-state index in [1.807, 2.05) is 25.1 Å². The first-order valence-electron chi connectivity index (χ1n) is 7.47. The van der Waals surface area contributed by atoms with Gasteiger partial charge in [0.1, 0.15) is 11.5 Å². The number of ether oxygens (including phenoxy) is 1. The lowest BCUT2D eigenvalue weighted by atomic mass is 9.71. The molecule has 0 N–H and O–H groups in total. The van der Waals surface area contributed by atoms with Crippen molar-refractivity contribution in [3.8, 4) is 5.75 Å². The molecule has 112 valence electrons. The largest absolute Gasteiger partial charge is 0.494 e. The topological polar surface area (TPSA) is 43.4 Å². The number of ketones is 2. The fraction of sp³-hybridized carbons (Fsp3) is 0.444. The van der Waals surface area contributed by atoms with Crippen molar-refractivity contribution in [3.05, 3.63) is 42.5 Å². The van der Waals surface area contributed by atoms with Gasteiger partial charge in [-0.3, -0.25) is 9.59 Å². The van der Waals surface area contributed by atoms with E-state index in [1.54, 1.807) is 0 Å². The van der Waals surface area contributed by atoms with E-state index in [0.29, 0.717) is 38.1 Å². The fourth-order valence-corrected chi connectivity index (χ4v) is 3.37. The van der Waals surface area contributed by atoms with Crippen LogP contribution in [0.15, 0.2) is 31.4 Å².